The van der Waals surface area contributed by atoms with Crippen molar-refractivity contribution in [2.75, 3.05) is 48.8 Å². The monoisotopic (exact) mass is 323 g/mol. The molecule has 0 saturated carbocycles. The molecule has 0 fully saturated rings. The van der Waals surface area contributed by atoms with Crippen molar-refractivity contribution in [3.8, 4) is 0 Å². The van der Waals surface area contributed by atoms with Gasteiger partial charge in [0.15, 0.2) is 0 Å². The number of hydrogen-bond acceptors (Lipinski definition) is 3. The highest BCUT2D eigenvalue weighted by atomic mass is 15.1. The lowest BCUT2D eigenvalue weighted by Crippen LogP contribution is -2.14. The van der Waals surface area contributed by atoms with Gasteiger partial charge in [0, 0.05) is 19.6 Å². The molecule has 0 atom stereocenters. The summed E-state index contributed by atoms with van der Waals surface area (Å²) in [4.78, 5) is 6.73. The van der Waals surface area contributed by atoms with Crippen LogP contribution in [0.2, 0.25) is 0 Å². The van der Waals surface area contributed by atoms with Crippen LogP contribution in [0.15, 0.2) is 24.3 Å². The zero-order valence-electron chi connectivity index (χ0n) is 15.8. The molecule has 24 heavy (non-hydrogen) atoms. The molecule has 0 amide bonds. The first-order chi connectivity index (χ1) is 11.3. The number of likely N-dealkylation sites (N-methyl/N-ethyl adjacent to an activating group) is 1. The highest BCUT2D eigenvalue weighted by Gasteiger charge is 2.19. The first-order valence-corrected chi connectivity index (χ1v) is 8.58. The molecule has 2 aromatic carbocycles. The van der Waals surface area contributed by atoms with Crippen molar-refractivity contribution in [3.05, 3.63) is 46.5 Å². The number of benzene rings is 2. The molecule has 3 rings (SSSR count). The average Bonchev–Trinajstić information content (AvgIpc) is 2.75. The number of nitrogens with zero attached hydrogens (tertiary/aromatic N) is 3. The van der Waals surface area contributed by atoms with Crippen LogP contribution in [-0.2, 0) is 13.1 Å². The van der Waals surface area contributed by atoms with Crippen molar-refractivity contribution in [1.82, 2.24) is 14.7 Å². The summed E-state index contributed by atoms with van der Waals surface area (Å²) in [7, 11) is 12.8. The summed E-state index contributed by atoms with van der Waals surface area (Å²) >= 11 is 0. The van der Waals surface area contributed by atoms with Gasteiger partial charge in [-0.2, -0.15) is 0 Å². The van der Waals surface area contributed by atoms with Crippen LogP contribution in [0.1, 0.15) is 22.3 Å². The lowest BCUT2D eigenvalue weighted by Gasteiger charge is -2.16. The Bertz CT molecular complexity index is 780. The third-order valence-electron chi connectivity index (χ3n) is 4.36. The van der Waals surface area contributed by atoms with E-state index in [-0.39, 0.29) is 0 Å². The Morgan fingerprint density at radius 1 is 0.667 bits per heavy atom. The molecule has 0 aromatic heterocycles. The van der Waals surface area contributed by atoms with Crippen molar-refractivity contribution in [1.29, 1.82) is 0 Å². The Kier molecular flexibility index (Phi) is 4.77. The molecule has 0 heterocycles. The highest BCUT2D eigenvalue weighted by Crippen LogP contribution is 2.38. The van der Waals surface area contributed by atoms with E-state index in [9.17, 15) is 0 Å². The maximum absolute atomic E-state index is 2.39. The standard InChI is InChI=1S/C21H29N3/c1-22(2)12-15-7-17-9-16(13-23(3)4)10-20-19(14-24(5)6)11-18(8-15)21(17)20/h7-11H,12-14H2,1-6H3. The van der Waals surface area contributed by atoms with E-state index >= 15 is 0 Å². The summed E-state index contributed by atoms with van der Waals surface area (Å²) in [5, 5.41) is 2.81. The van der Waals surface area contributed by atoms with Crippen LogP contribution in [0.5, 0.6) is 0 Å². The molecule has 3 heteroatoms. The molecule has 0 radical (unpaired) electrons. The molecule has 0 N–H and O–H groups in total. The smallest absolute Gasteiger partial charge is 0.0234 e. The van der Waals surface area contributed by atoms with Gasteiger partial charge in [-0.1, -0.05) is 0 Å². The molecule has 1 aliphatic carbocycles. The second-order valence-corrected chi connectivity index (χ2v) is 7.81. The molecule has 0 unspecified atom stereocenters. The van der Waals surface area contributed by atoms with Crippen LogP contribution >= 0.6 is 0 Å². The fourth-order valence-corrected chi connectivity index (χ4v) is 3.69. The predicted molar refractivity (Wildman–Crippen MR) is 105 cm³/mol. The molecular weight excluding hydrogens is 294 g/mol. The van der Waals surface area contributed by atoms with E-state index in [1.165, 1.54) is 38.6 Å². The van der Waals surface area contributed by atoms with E-state index in [4.69, 9.17) is 0 Å². The summed E-state index contributed by atoms with van der Waals surface area (Å²) in [6.07, 6.45) is 2.39. The number of rotatable bonds is 6. The quantitative estimate of drug-likeness (QED) is 0.807. The molecule has 0 aliphatic heterocycles. The van der Waals surface area contributed by atoms with Crippen molar-refractivity contribution in [2.45, 2.75) is 13.1 Å². The fourth-order valence-electron chi connectivity index (χ4n) is 3.69. The molecule has 0 spiro atoms. The Hall–Kier alpha value is -1.68. The summed E-state index contributed by atoms with van der Waals surface area (Å²) in [5.41, 5.74) is 7.01. The maximum atomic E-state index is 2.39. The van der Waals surface area contributed by atoms with E-state index in [1.54, 1.807) is 0 Å². The van der Waals surface area contributed by atoms with Crippen molar-refractivity contribution < 1.29 is 0 Å². The second kappa shape index (κ2) is 6.67. The highest BCUT2D eigenvalue weighted by molar-refractivity contribution is 6.10. The Morgan fingerprint density at radius 2 is 1.21 bits per heavy atom. The summed E-state index contributed by atoms with van der Waals surface area (Å²) < 4.78 is 0. The molecule has 0 saturated heterocycles. The minimum absolute atomic E-state index is 0.978. The Labute approximate surface area is 146 Å². The van der Waals surface area contributed by atoms with Gasteiger partial charge >= 0.3 is 0 Å². The minimum atomic E-state index is 0.978. The molecule has 128 valence electrons. The van der Waals surface area contributed by atoms with Crippen LogP contribution < -0.4 is 0 Å². The van der Waals surface area contributed by atoms with Crippen LogP contribution in [-0.4, -0.2) is 63.5 Å². The van der Waals surface area contributed by atoms with Crippen molar-refractivity contribution >= 4 is 22.4 Å². The van der Waals surface area contributed by atoms with Crippen molar-refractivity contribution in [2.24, 2.45) is 0 Å². The fraction of sp³-hybridized carbons (Fsp3) is 0.429. The first kappa shape index (κ1) is 17.2. The van der Waals surface area contributed by atoms with Gasteiger partial charge in [0.25, 0.3) is 0 Å². The van der Waals surface area contributed by atoms with E-state index in [0.29, 0.717) is 0 Å². The maximum Gasteiger partial charge on any atom is 0.0234 e. The van der Waals surface area contributed by atoms with Gasteiger partial charge in [-0.3, -0.25) is 0 Å². The number of hydrogen-bond donors (Lipinski definition) is 0. The van der Waals surface area contributed by atoms with Crippen molar-refractivity contribution in [3.63, 3.8) is 0 Å². The lowest BCUT2D eigenvalue weighted by atomic mass is 9.96. The molecular formula is C21H29N3. The van der Waals surface area contributed by atoms with Crippen LogP contribution in [0.3, 0.4) is 0 Å². The first-order valence-electron chi connectivity index (χ1n) is 8.58. The molecule has 1 aliphatic rings. The van der Waals surface area contributed by atoms with Crippen LogP contribution in [0.4, 0.5) is 0 Å². The van der Waals surface area contributed by atoms with E-state index in [0.717, 1.165) is 19.6 Å². The SMILES string of the molecule is CN(C)CC1=Cc2cc(CN(C)C)cc3cc(CN(C)C)cc1c23. The average molecular weight is 323 g/mol. The van der Waals surface area contributed by atoms with Gasteiger partial charge in [0.05, 0.1) is 0 Å². The summed E-state index contributed by atoms with van der Waals surface area (Å²) in [6, 6.07) is 9.49. The zero-order chi connectivity index (χ0) is 17.4. The Balaban J connectivity index is 2.15. The molecule has 2 aromatic rings. The van der Waals surface area contributed by atoms with Gasteiger partial charge in [0.2, 0.25) is 0 Å². The van der Waals surface area contributed by atoms with Gasteiger partial charge in [0.1, 0.15) is 0 Å². The van der Waals surface area contributed by atoms with E-state index in [2.05, 4.69) is 87.3 Å². The van der Waals surface area contributed by atoms with Gasteiger partial charge in [-0.05, 0) is 111 Å². The lowest BCUT2D eigenvalue weighted by molar-refractivity contribution is 0.402. The van der Waals surface area contributed by atoms with Gasteiger partial charge < -0.3 is 14.7 Å². The second-order valence-electron chi connectivity index (χ2n) is 7.81. The predicted octanol–water partition coefficient (Wildman–Crippen LogP) is 3.38. The molecule has 3 nitrogen and oxygen atoms in total. The topological polar surface area (TPSA) is 9.72 Å². The Morgan fingerprint density at radius 3 is 1.75 bits per heavy atom. The minimum Gasteiger partial charge on any atom is -0.305 e. The third kappa shape index (κ3) is 3.54. The summed E-state index contributed by atoms with van der Waals surface area (Å²) in [6.45, 7) is 2.94. The summed E-state index contributed by atoms with van der Waals surface area (Å²) in [5.74, 6) is 0. The van der Waals surface area contributed by atoms with Gasteiger partial charge in [-0.25, -0.2) is 0 Å². The molecule has 0 bridgehead atoms. The third-order valence-corrected chi connectivity index (χ3v) is 4.36. The van der Waals surface area contributed by atoms with Crippen LogP contribution in [0, 0.1) is 0 Å². The zero-order valence-corrected chi connectivity index (χ0v) is 15.8. The van der Waals surface area contributed by atoms with Gasteiger partial charge in [-0.15, -0.1) is 0 Å². The van der Waals surface area contributed by atoms with E-state index < -0.39 is 0 Å². The largest absolute Gasteiger partial charge is 0.305 e. The van der Waals surface area contributed by atoms with E-state index in [1.807, 2.05) is 0 Å². The van der Waals surface area contributed by atoms with Crippen LogP contribution in [0.25, 0.3) is 22.4 Å². The normalized spacial score (nSPS) is 13.6.